The van der Waals surface area contributed by atoms with Crippen LogP contribution in [0.3, 0.4) is 0 Å². The van der Waals surface area contributed by atoms with Crippen LogP contribution in [0.2, 0.25) is 0 Å². The van der Waals surface area contributed by atoms with Crippen molar-refractivity contribution in [2.45, 2.75) is 44.4 Å². The zero-order chi connectivity index (χ0) is 19.9. The standard InChI is InChI=1S/C21H27N3O3S/c1-21(2)17-9-8-16(19(21)13-17)14-22-23-20(25)15-6-5-7-18(12-15)28(26,27)24-10-3-4-11-24/h5-8,12,14,17,19H,3-4,9-11,13H2,1-2H3,(H,23,25)/b22-14-/t17-,19-/m1/s1. The molecule has 28 heavy (non-hydrogen) atoms. The Hall–Kier alpha value is -1.99. The minimum Gasteiger partial charge on any atom is -0.267 e. The van der Waals surface area contributed by atoms with Gasteiger partial charge in [0.25, 0.3) is 5.91 Å². The molecule has 0 unspecified atom stereocenters. The molecule has 3 aliphatic carbocycles. The van der Waals surface area contributed by atoms with Crippen LogP contribution in [0, 0.1) is 17.3 Å². The Bertz CT molecular complexity index is 943. The summed E-state index contributed by atoms with van der Waals surface area (Å²) < 4.78 is 26.9. The van der Waals surface area contributed by atoms with Crippen molar-refractivity contribution < 1.29 is 13.2 Å². The first-order valence-corrected chi connectivity index (χ1v) is 11.4. The summed E-state index contributed by atoms with van der Waals surface area (Å²) in [7, 11) is -3.54. The number of benzene rings is 1. The van der Waals surface area contributed by atoms with Gasteiger partial charge in [-0.15, -0.1) is 0 Å². The molecule has 1 heterocycles. The minimum atomic E-state index is -3.54. The first kappa shape index (κ1) is 19.3. The number of carbonyl (C=O) groups is 1. The topological polar surface area (TPSA) is 78.8 Å². The average Bonchev–Trinajstić information content (AvgIpc) is 3.23. The summed E-state index contributed by atoms with van der Waals surface area (Å²) in [5, 5.41) is 4.13. The summed E-state index contributed by atoms with van der Waals surface area (Å²) in [5.41, 5.74) is 4.31. The number of allylic oxidation sites excluding steroid dienone is 2. The predicted octanol–water partition coefficient (Wildman–Crippen LogP) is 3.18. The summed E-state index contributed by atoms with van der Waals surface area (Å²) >= 11 is 0. The highest BCUT2D eigenvalue weighted by Gasteiger charge is 2.50. The van der Waals surface area contributed by atoms with Crippen molar-refractivity contribution in [3.63, 3.8) is 0 Å². The number of hydrogen-bond acceptors (Lipinski definition) is 4. The molecule has 5 rings (SSSR count). The van der Waals surface area contributed by atoms with Gasteiger partial charge in [0.05, 0.1) is 11.1 Å². The van der Waals surface area contributed by atoms with Crippen molar-refractivity contribution in [2.24, 2.45) is 22.4 Å². The van der Waals surface area contributed by atoms with Gasteiger partial charge >= 0.3 is 0 Å². The minimum absolute atomic E-state index is 0.156. The fourth-order valence-electron chi connectivity index (χ4n) is 4.65. The molecule has 2 atom stereocenters. The van der Waals surface area contributed by atoms with Crippen LogP contribution < -0.4 is 5.43 Å². The van der Waals surface area contributed by atoms with Crippen LogP contribution in [0.15, 0.2) is 45.9 Å². The largest absolute Gasteiger partial charge is 0.271 e. The summed E-state index contributed by atoms with van der Waals surface area (Å²) in [6.45, 7) is 5.65. The lowest BCUT2D eigenvalue weighted by Gasteiger charge is -2.55. The second kappa shape index (κ2) is 7.12. The molecule has 0 aromatic heterocycles. The van der Waals surface area contributed by atoms with Gasteiger partial charge in [0.2, 0.25) is 10.0 Å². The van der Waals surface area contributed by atoms with Gasteiger partial charge in [0.1, 0.15) is 0 Å². The number of carbonyl (C=O) groups excluding carboxylic acids is 1. The second-order valence-electron chi connectivity index (χ2n) is 8.58. The molecule has 150 valence electrons. The molecule has 0 radical (unpaired) electrons. The molecule has 7 heteroatoms. The SMILES string of the molecule is CC1(C)[C@@H]2CC=C(/C=N\NC(=O)c3cccc(S(=O)(=O)N4CCCC4)c3)[C@H]1C2. The Morgan fingerprint density at radius 1 is 1.29 bits per heavy atom. The molecule has 1 saturated carbocycles. The van der Waals surface area contributed by atoms with Crippen molar-refractivity contribution in [3.8, 4) is 0 Å². The monoisotopic (exact) mass is 401 g/mol. The molecule has 0 spiro atoms. The molecular weight excluding hydrogens is 374 g/mol. The van der Waals surface area contributed by atoms with Crippen molar-refractivity contribution in [2.75, 3.05) is 13.1 Å². The lowest BCUT2D eigenvalue weighted by Crippen LogP contribution is -2.48. The third-order valence-corrected chi connectivity index (χ3v) is 8.58. The molecule has 2 fully saturated rings. The highest BCUT2D eigenvalue weighted by atomic mass is 32.2. The first-order chi connectivity index (χ1) is 13.3. The Balaban J connectivity index is 1.44. The summed E-state index contributed by atoms with van der Waals surface area (Å²) in [4.78, 5) is 12.6. The van der Waals surface area contributed by atoms with Crippen LogP contribution in [0.5, 0.6) is 0 Å². The van der Waals surface area contributed by atoms with Crippen molar-refractivity contribution in [3.05, 3.63) is 41.5 Å². The molecule has 2 bridgehead atoms. The van der Waals surface area contributed by atoms with Gasteiger partial charge in [-0.3, -0.25) is 4.79 Å². The van der Waals surface area contributed by atoms with Crippen molar-refractivity contribution in [1.29, 1.82) is 0 Å². The smallest absolute Gasteiger partial charge is 0.267 e. The number of hydrogen-bond donors (Lipinski definition) is 1. The van der Waals surface area contributed by atoms with E-state index in [9.17, 15) is 13.2 Å². The lowest BCUT2D eigenvalue weighted by molar-refractivity contribution is -0.00126. The number of fused-ring (bicyclic) bond motifs is 1. The molecule has 1 aromatic rings. The maximum absolute atomic E-state index is 12.7. The van der Waals surface area contributed by atoms with E-state index in [4.69, 9.17) is 0 Å². The normalized spacial score (nSPS) is 26.7. The van der Waals surface area contributed by atoms with E-state index in [1.807, 2.05) is 0 Å². The average molecular weight is 402 g/mol. The molecule has 1 saturated heterocycles. The molecule has 4 aliphatic rings. The van der Waals surface area contributed by atoms with Gasteiger partial charge in [-0.25, -0.2) is 13.8 Å². The van der Waals surface area contributed by atoms with E-state index < -0.39 is 15.9 Å². The summed E-state index contributed by atoms with van der Waals surface area (Å²) in [6, 6.07) is 6.17. The maximum atomic E-state index is 12.7. The highest BCUT2D eigenvalue weighted by Crippen LogP contribution is 2.58. The quantitative estimate of drug-likeness (QED) is 0.608. The number of nitrogens with zero attached hydrogens (tertiary/aromatic N) is 2. The molecule has 1 aliphatic heterocycles. The van der Waals surface area contributed by atoms with Crippen LogP contribution in [0.4, 0.5) is 0 Å². The zero-order valence-corrected chi connectivity index (χ0v) is 17.2. The van der Waals surface area contributed by atoms with Gasteiger partial charge in [-0.1, -0.05) is 26.0 Å². The second-order valence-corrected chi connectivity index (χ2v) is 10.5. The summed E-state index contributed by atoms with van der Waals surface area (Å²) in [5.74, 6) is 0.849. The van der Waals surface area contributed by atoms with Crippen LogP contribution in [0.25, 0.3) is 0 Å². The Morgan fingerprint density at radius 2 is 2.04 bits per heavy atom. The number of rotatable bonds is 5. The molecule has 1 amide bonds. The van der Waals surface area contributed by atoms with Crippen LogP contribution >= 0.6 is 0 Å². The fourth-order valence-corrected chi connectivity index (χ4v) is 6.21. The molecule has 1 aromatic carbocycles. The van der Waals surface area contributed by atoms with E-state index in [1.54, 1.807) is 18.3 Å². The van der Waals surface area contributed by atoms with Crippen LogP contribution in [-0.4, -0.2) is 37.9 Å². The van der Waals surface area contributed by atoms with Gasteiger partial charge in [0.15, 0.2) is 0 Å². The zero-order valence-electron chi connectivity index (χ0n) is 16.4. The third kappa shape index (κ3) is 3.31. The van der Waals surface area contributed by atoms with E-state index in [0.717, 1.165) is 25.2 Å². The Labute approximate surface area is 166 Å². The molecule has 1 N–H and O–H groups in total. The van der Waals surface area contributed by atoms with Gasteiger partial charge < -0.3 is 0 Å². The van der Waals surface area contributed by atoms with E-state index in [1.165, 1.54) is 28.4 Å². The van der Waals surface area contributed by atoms with E-state index >= 15 is 0 Å². The van der Waals surface area contributed by atoms with E-state index in [0.29, 0.717) is 30.0 Å². The van der Waals surface area contributed by atoms with Crippen molar-refractivity contribution in [1.82, 2.24) is 9.73 Å². The van der Waals surface area contributed by atoms with E-state index in [-0.39, 0.29) is 4.90 Å². The van der Waals surface area contributed by atoms with Crippen molar-refractivity contribution >= 4 is 22.1 Å². The van der Waals surface area contributed by atoms with Gasteiger partial charge in [0, 0.05) is 18.7 Å². The van der Waals surface area contributed by atoms with E-state index in [2.05, 4.69) is 30.5 Å². The third-order valence-electron chi connectivity index (χ3n) is 6.69. The predicted molar refractivity (Wildman–Crippen MR) is 108 cm³/mol. The van der Waals surface area contributed by atoms with Crippen LogP contribution in [0.1, 0.15) is 49.9 Å². The number of sulfonamides is 1. The maximum Gasteiger partial charge on any atom is 0.271 e. The first-order valence-electron chi connectivity index (χ1n) is 9.94. The van der Waals surface area contributed by atoms with Crippen LogP contribution in [-0.2, 0) is 10.0 Å². The van der Waals surface area contributed by atoms with Gasteiger partial charge in [-0.05, 0) is 66.7 Å². The Morgan fingerprint density at radius 3 is 2.71 bits per heavy atom. The summed E-state index contributed by atoms with van der Waals surface area (Å²) in [6.07, 6.45) is 7.96. The Kier molecular flexibility index (Phi) is 4.91. The number of nitrogens with one attached hydrogen (secondary N) is 1. The molecule has 6 nitrogen and oxygen atoms in total. The van der Waals surface area contributed by atoms with Gasteiger partial charge in [-0.2, -0.15) is 9.41 Å². The fraction of sp³-hybridized carbons (Fsp3) is 0.524. The number of amides is 1. The lowest BCUT2D eigenvalue weighted by atomic mass is 9.49. The highest BCUT2D eigenvalue weighted by molar-refractivity contribution is 7.89. The number of hydrazone groups is 1. The molecular formula is C21H27N3O3S.